The maximum Gasteiger partial charge on any atom is 0.239 e. The summed E-state index contributed by atoms with van der Waals surface area (Å²) < 4.78 is 0. The van der Waals surface area contributed by atoms with Crippen LogP contribution in [0.5, 0.6) is 0 Å². The number of likely N-dealkylation sites (tertiary alicyclic amines) is 1. The Morgan fingerprint density at radius 3 is 2.78 bits per heavy atom. The zero-order valence-corrected chi connectivity index (χ0v) is 10.8. The topological polar surface area (TPSA) is 69.6 Å². The molecule has 1 aliphatic heterocycles. The van der Waals surface area contributed by atoms with E-state index >= 15 is 0 Å². The van der Waals surface area contributed by atoms with E-state index in [1.54, 1.807) is 4.90 Å². The van der Waals surface area contributed by atoms with Gasteiger partial charge < -0.3 is 15.3 Å². The highest BCUT2D eigenvalue weighted by Gasteiger charge is 2.42. The lowest BCUT2D eigenvalue weighted by atomic mass is 10.1. The average Bonchev–Trinajstić information content (AvgIpc) is 3.15. The Bertz CT molecular complexity index is 326. The van der Waals surface area contributed by atoms with Crippen LogP contribution in [-0.4, -0.2) is 48.1 Å². The molecule has 1 saturated heterocycles. The minimum atomic E-state index is -0.107. The highest BCUT2D eigenvalue weighted by molar-refractivity contribution is 5.84. The summed E-state index contributed by atoms with van der Waals surface area (Å²) in [7, 11) is 0. The fraction of sp³-hybridized carbons (Fsp3) is 0.846. The number of rotatable bonds is 5. The van der Waals surface area contributed by atoms with Crippen LogP contribution >= 0.6 is 0 Å². The molecular formula is C13H22N2O3. The first kappa shape index (κ1) is 13.3. The first-order chi connectivity index (χ1) is 8.65. The minimum Gasteiger partial charge on any atom is -0.396 e. The Balaban J connectivity index is 1.74. The highest BCUT2D eigenvalue weighted by atomic mass is 16.3. The minimum absolute atomic E-state index is 0.0710. The molecule has 0 unspecified atom stereocenters. The molecule has 18 heavy (non-hydrogen) atoms. The predicted molar refractivity (Wildman–Crippen MR) is 66.8 cm³/mol. The molecule has 2 rings (SSSR count). The Kier molecular flexibility index (Phi) is 4.22. The van der Waals surface area contributed by atoms with E-state index in [1.165, 1.54) is 0 Å². The van der Waals surface area contributed by atoms with Gasteiger partial charge in [0.2, 0.25) is 11.8 Å². The molecule has 0 aromatic rings. The number of amides is 2. The molecule has 2 N–H and O–H groups in total. The van der Waals surface area contributed by atoms with Crippen molar-refractivity contribution in [2.75, 3.05) is 26.2 Å². The molecule has 0 radical (unpaired) electrons. The third kappa shape index (κ3) is 3.45. The third-order valence-corrected chi connectivity index (χ3v) is 3.96. The predicted octanol–water partition coefficient (Wildman–Crippen LogP) is 0.278. The van der Waals surface area contributed by atoms with Crippen molar-refractivity contribution < 1.29 is 14.7 Å². The maximum atomic E-state index is 11.8. The van der Waals surface area contributed by atoms with Gasteiger partial charge in [-0.2, -0.15) is 0 Å². The number of aliphatic hydroxyl groups is 1. The molecule has 5 nitrogen and oxygen atoms in total. The van der Waals surface area contributed by atoms with Crippen molar-refractivity contribution in [1.29, 1.82) is 0 Å². The van der Waals surface area contributed by atoms with Crippen LogP contribution in [0.25, 0.3) is 0 Å². The van der Waals surface area contributed by atoms with Crippen LogP contribution in [0, 0.1) is 5.41 Å². The van der Waals surface area contributed by atoms with E-state index in [-0.39, 0.29) is 30.4 Å². The fourth-order valence-corrected chi connectivity index (χ4v) is 2.29. The summed E-state index contributed by atoms with van der Waals surface area (Å²) in [6.45, 7) is 1.53. The number of nitrogens with one attached hydrogen (secondary N) is 1. The molecule has 5 heteroatoms. The summed E-state index contributed by atoms with van der Waals surface area (Å²) >= 11 is 0. The van der Waals surface area contributed by atoms with E-state index in [9.17, 15) is 9.59 Å². The van der Waals surface area contributed by atoms with Gasteiger partial charge in [0, 0.05) is 24.9 Å². The molecule has 102 valence electrons. The van der Waals surface area contributed by atoms with Gasteiger partial charge in [-0.1, -0.05) is 6.42 Å². The summed E-state index contributed by atoms with van der Waals surface area (Å²) in [5, 5.41) is 12.0. The number of aliphatic hydroxyl groups excluding tert-OH is 1. The van der Waals surface area contributed by atoms with Gasteiger partial charge in [0.15, 0.2) is 0 Å². The standard InChI is InChI=1S/C13H22N2O3/c16-10-13(5-6-13)9-14-11(17)8-15-7-3-1-2-4-12(15)18/h16H,1-10H2,(H,14,17). The van der Waals surface area contributed by atoms with E-state index in [4.69, 9.17) is 5.11 Å². The molecule has 0 atom stereocenters. The van der Waals surface area contributed by atoms with Gasteiger partial charge in [-0.05, 0) is 25.7 Å². The van der Waals surface area contributed by atoms with Crippen LogP contribution in [0.1, 0.15) is 38.5 Å². The lowest BCUT2D eigenvalue weighted by Gasteiger charge is -2.20. The van der Waals surface area contributed by atoms with Crippen molar-refractivity contribution >= 4 is 11.8 Å². The van der Waals surface area contributed by atoms with Crippen LogP contribution in [0.2, 0.25) is 0 Å². The SMILES string of the molecule is O=C(CN1CCCCCC1=O)NCC1(CO)CC1. The summed E-state index contributed by atoms with van der Waals surface area (Å²) in [5.41, 5.74) is -0.0710. The van der Waals surface area contributed by atoms with Crippen LogP contribution < -0.4 is 5.32 Å². The van der Waals surface area contributed by atoms with Crippen LogP contribution in [0.4, 0.5) is 0 Å². The molecule has 0 bridgehead atoms. The number of nitrogens with zero attached hydrogens (tertiary/aromatic N) is 1. The zero-order valence-electron chi connectivity index (χ0n) is 10.8. The first-order valence-corrected chi connectivity index (χ1v) is 6.81. The fourth-order valence-electron chi connectivity index (χ4n) is 2.29. The molecule has 1 aliphatic carbocycles. The lowest BCUT2D eigenvalue weighted by molar-refractivity contribution is -0.135. The van der Waals surface area contributed by atoms with Crippen LogP contribution in [-0.2, 0) is 9.59 Å². The Morgan fingerprint density at radius 2 is 2.11 bits per heavy atom. The Labute approximate surface area is 108 Å². The van der Waals surface area contributed by atoms with Crippen molar-refractivity contribution in [3.63, 3.8) is 0 Å². The van der Waals surface area contributed by atoms with Crippen molar-refractivity contribution in [3.8, 4) is 0 Å². The second kappa shape index (κ2) is 5.69. The van der Waals surface area contributed by atoms with Gasteiger partial charge in [-0.3, -0.25) is 9.59 Å². The van der Waals surface area contributed by atoms with Gasteiger partial charge in [0.25, 0.3) is 0 Å². The van der Waals surface area contributed by atoms with E-state index in [0.29, 0.717) is 19.5 Å². The van der Waals surface area contributed by atoms with Gasteiger partial charge in [0.1, 0.15) is 0 Å². The summed E-state index contributed by atoms with van der Waals surface area (Å²) in [6.07, 6.45) is 5.51. The largest absolute Gasteiger partial charge is 0.396 e. The van der Waals surface area contributed by atoms with Crippen molar-refractivity contribution in [1.82, 2.24) is 10.2 Å². The molecular weight excluding hydrogens is 232 g/mol. The van der Waals surface area contributed by atoms with Gasteiger partial charge >= 0.3 is 0 Å². The number of hydrogen-bond acceptors (Lipinski definition) is 3. The van der Waals surface area contributed by atoms with E-state index in [2.05, 4.69) is 5.32 Å². The quantitative estimate of drug-likeness (QED) is 0.740. The molecule has 0 aromatic heterocycles. The summed E-state index contributed by atoms with van der Waals surface area (Å²) in [6, 6.07) is 0. The average molecular weight is 254 g/mol. The normalized spacial score (nSPS) is 22.5. The van der Waals surface area contributed by atoms with Crippen molar-refractivity contribution in [2.24, 2.45) is 5.41 Å². The van der Waals surface area contributed by atoms with Gasteiger partial charge in [0.05, 0.1) is 13.2 Å². The smallest absolute Gasteiger partial charge is 0.239 e. The Hall–Kier alpha value is -1.10. The molecule has 2 aliphatic rings. The number of carbonyl (C=O) groups is 2. The third-order valence-electron chi connectivity index (χ3n) is 3.96. The highest BCUT2D eigenvalue weighted by Crippen LogP contribution is 2.44. The Morgan fingerprint density at radius 1 is 1.33 bits per heavy atom. The second-order valence-electron chi connectivity index (χ2n) is 5.56. The zero-order chi connectivity index (χ0) is 13.0. The van der Waals surface area contributed by atoms with Gasteiger partial charge in [-0.15, -0.1) is 0 Å². The van der Waals surface area contributed by atoms with E-state index < -0.39 is 0 Å². The molecule has 2 amide bonds. The van der Waals surface area contributed by atoms with Crippen LogP contribution in [0.15, 0.2) is 0 Å². The second-order valence-corrected chi connectivity index (χ2v) is 5.56. The van der Waals surface area contributed by atoms with Gasteiger partial charge in [-0.25, -0.2) is 0 Å². The van der Waals surface area contributed by atoms with Crippen molar-refractivity contribution in [2.45, 2.75) is 38.5 Å². The molecule has 0 aromatic carbocycles. The summed E-state index contributed by atoms with van der Waals surface area (Å²) in [4.78, 5) is 25.2. The molecule has 0 spiro atoms. The monoisotopic (exact) mass is 254 g/mol. The molecule has 1 heterocycles. The molecule has 1 saturated carbocycles. The van der Waals surface area contributed by atoms with Crippen LogP contribution in [0.3, 0.4) is 0 Å². The first-order valence-electron chi connectivity index (χ1n) is 6.81. The lowest BCUT2D eigenvalue weighted by Crippen LogP contribution is -2.42. The number of carbonyl (C=O) groups excluding carboxylic acids is 2. The van der Waals surface area contributed by atoms with E-state index in [1.807, 2.05) is 0 Å². The molecule has 2 fully saturated rings. The maximum absolute atomic E-state index is 11.8. The van der Waals surface area contributed by atoms with E-state index in [0.717, 1.165) is 32.1 Å². The number of hydrogen-bond donors (Lipinski definition) is 2. The summed E-state index contributed by atoms with van der Waals surface area (Å²) in [5.74, 6) is -0.0177. The van der Waals surface area contributed by atoms with Crippen molar-refractivity contribution in [3.05, 3.63) is 0 Å².